The van der Waals surface area contributed by atoms with Gasteiger partial charge in [0.05, 0.1) is 36.0 Å². The van der Waals surface area contributed by atoms with E-state index in [1.54, 1.807) is 6.92 Å². The highest BCUT2D eigenvalue weighted by molar-refractivity contribution is 5.97. The number of anilines is 2. The van der Waals surface area contributed by atoms with Crippen LogP contribution in [0.5, 0.6) is 0 Å². The topological polar surface area (TPSA) is 67.4 Å². The van der Waals surface area contributed by atoms with Crippen LogP contribution in [-0.4, -0.2) is 24.5 Å². The summed E-state index contributed by atoms with van der Waals surface area (Å²) in [5.41, 5.74) is 1.60. The van der Waals surface area contributed by atoms with Gasteiger partial charge in [0.1, 0.15) is 0 Å². The molecule has 1 unspecified atom stereocenters. The molecule has 0 spiro atoms. The number of alkyl halides is 3. The van der Waals surface area contributed by atoms with Gasteiger partial charge in [-0.1, -0.05) is 31.6 Å². The van der Waals surface area contributed by atoms with Gasteiger partial charge in [-0.15, -0.1) is 0 Å². The van der Waals surface area contributed by atoms with E-state index in [2.05, 4.69) is 10.6 Å². The van der Waals surface area contributed by atoms with Gasteiger partial charge in [0.15, 0.2) is 0 Å². The minimum absolute atomic E-state index is 0.0659. The van der Waals surface area contributed by atoms with Gasteiger partial charge in [0.2, 0.25) is 5.91 Å². The zero-order valence-electron chi connectivity index (χ0n) is 19.6. The lowest BCUT2D eigenvalue weighted by Gasteiger charge is -2.20. The Balaban J connectivity index is 0.00000249. The first-order chi connectivity index (χ1) is 15.0. The highest BCUT2D eigenvalue weighted by Gasteiger charge is 2.34. The average molecular weight is 455 g/mol. The Morgan fingerprint density at radius 2 is 1.88 bits per heavy atom. The van der Waals surface area contributed by atoms with E-state index in [0.717, 1.165) is 17.2 Å². The molecule has 0 saturated heterocycles. The van der Waals surface area contributed by atoms with Crippen molar-refractivity contribution in [2.24, 2.45) is 0 Å². The number of rotatable bonds is 6. The lowest BCUT2D eigenvalue weighted by atomic mass is 9.99. The molecule has 0 saturated carbocycles. The summed E-state index contributed by atoms with van der Waals surface area (Å²) in [5.74, 6) is -0.649. The zero-order chi connectivity index (χ0) is 24.5. The van der Waals surface area contributed by atoms with Crippen LogP contribution < -0.4 is 10.6 Å². The van der Waals surface area contributed by atoms with Crippen LogP contribution in [0.2, 0.25) is 0 Å². The maximum Gasteiger partial charge on any atom is 0.416 e. The fourth-order valence-corrected chi connectivity index (χ4v) is 3.34. The van der Waals surface area contributed by atoms with Gasteiger partial charge in [-0.25, -0.2) is 0 Å². The molecule has 0 radical (unpaired) electrons. The Morgan fingerprint density at radius 1 is 1.22 bits per heavy atom. The standard InChI is InChI=1S/C22H27F3N2O3.C2H6/c1-5-15(9-13(3)7-8-21(29)30-6-2)17-12-20(28)27-19-11-16(22(23,24)25)14(4)10-18(19)26-17;1-2/h5,9-11,17,26H,6-8,12H2,1-4H3,(H,27,28);1-2H3/b13-9+,15-5+;. The predicted octanol–water partition coefficient (Wildman–Crippen LogP) is 6.40. The summed E-state index contributed by atoms with van der Waals surface area (Å²) in [6, 6.07) is 1.96. The molecule has 1 heterocycles. The normalized spacial score (nSPS) is 16.7. The molecule has 1 aliphatic heterocycles. The molecular formula is C24H33F3N2O3. The van der Waals surface area contributed by atoms with Gasteiger partial charge in [0.25, 0.3) is 0 Å². The zero-order valence-corrected chi connectivity index (χ0v) is 19.6. The van der Waals surface area contributed by atoms with Crippen LogP contribution in [0.4, 0.5) is 24.5 Å². The minimum atomic E-state index is -4.50. The van der Waals surface area contributed by atoms with Crippen LogP contribution in [0.15, 0.2) is 35.4 Å². The lowest BCUT2D eigenvalue weighted by Crippen LogP contribution is -2.24. The summed E-state index contributed by atoms with van der Waals surface area (Å²) in [6.45, 7) is 11.2. The molecule has 0 fully saturated rings. The molecule has 1 aliphatic rings. The molecule has 1 atom stereocenters. The van der Waals surface area contributed by atoms with Crippen LogP contribution in [0.25, 0.3) is 0 Å². The third kappa shape index (κ3) is 7.73. The molecule has 1 aromatic carbocycles. The second-order valence-corrected chi connectivity index (χ2v) is 7.24. The number of fused-ring (bicyclic) bond motifs is 1. The number of hydrogen-bond acceptors (Lipinski definition) is 4. The van der Waals surface area contributed by atoms with Gasteiger partial charge in [0, 0.05) is 6.42 Å². The highest BCUT2D eigenvalue weighted by atomic mass is 19.4. The number of amides is 1. The van der Waals surface area contributed by atoms with Crippen LogP contribution >= 0.6 is 0 Å². The summed E-state index contributed by atoms with van der Waals surface area (Å²) in [7, 11) is 0. The molecule has 0 aromatic heterocycles. The van der Waals surface area contributed by atoms with Gasteiger partial charge in [-0.05, 0) is 57.4 Å². The Kier molecular flexibility index (Phi) is 10.5. The Bertz CT molecular complexity index is 874. The minimum Gasteiger partial charge on any atom is -0.466 e. The first-order valence-corrected chi connectivity index (χ1v) is 10.8. The molecule has 178 valence electrons. The number of aryl methyl sites for hydroxylation is 1. The molecule has 0 aliphatic carbocycles. The number of nitrogens with one attached hydrogen (secondary N) is 2. The summed E-state index contributed by atoms with van der Waals surface area (Å²) in [4.78, 5) is 23.9. The molecule has 1 aromatic rings. The molecular weight excluding hydrogens is 421 g/mol. The van der Waals surface area contributed by atoms with E-state index in [1.165, 1.54) is 13.0 Å². The van der Waals surface area contributed by atoms with Gasteiger partial charge in [-0.3, -0.25) is 9.59 Å². The molecule has 1 amide bonds. The highest BCUT2D eigenvalue weighted by Crippen LogP contribution is 2.38. The Labute approximate surface area is 188 Å². The quantitative estimate of drug-likeness (QED) is 0.386. The van der Waals surface area contributed by atoms with Crippen LogP contribution in [-0.2, 0) is 20.5 Å². The van der Waals surface area contributed by atoms with Crippen molar-refractivity contribution in [3.63, 3.8) is 0 Å². The maximum atomic E-state index is 13.2. The van der Waals surface area contributed by atoms with E-state index in [9.17, 15) is 22.8 Å². The van der Waals surface area contributed by atoms with Gasteiger partial charge >= 0.3 is 12.1 Å². The first-order valence-electron chi connectivity index (χ1n) is 10.8. The fraction of sp³-hybridized carbons (Fsp3) is 0.500. The summed E-state index contributed by atoms with van der Waals surface area (Å²) in [6.07, 6.45) is 0.0831. The van der Waals surface area contributed by atoms with E-state index in [4.69, 9.17) is 4.74 Å². The molecule has 8 heteroatoms. The van der Waals surface area contributed by atoms with Crippen molar-refractivity contribution in [3.8, 4) is 0 Å². The largest absolute Gasteiger partial charge is 0.466 e. The van der Waals surface area contributed by atoms with Crippen molar-refractivity contribution >= 4 is 23.3 Å². The summed E-state index contributed by atoms with van der Waals surface area (Å²) in [5, 5.41) is 5.76. The second-order valence-electron chi connectivity index (χ2n) is 7.24. The van der Waals surface area contributed by atoms with Crippen LogP contribution in [0.1, 0.15) is 65.0 Å². The van der Waals surface area contributed by atoms with Crippen LogP contribution in [0, 0.1) is 6.92 Å². The predicted molar refractivity (Wildman–Crippen MR) is 122 cm³/mol. The fourth-order valence-electron chi connectivity index (χ4n) is 3.34. The van der Waals surface area contributed by atoms with E-state index in [1.807, 2.05) is 39.8 Å². The van der Waals surface area contributed by atoms with Crippen molar-refractivity contribution in [2.45, 2.75) is 73.0 Å². The van der Waals surface area contributed by atoms with Crippen LogP contribution in [0.3, 0.4) is 0 Å². The molecule has 2 rings (SSSR count). The van der Waals surface area contributed by atoms with E-state index >= 15 is 0 Å². The van der Waals surface area contributed by atoms with E-state index in [-0.39, 0.29) is 36.0 Å². The van der Waals surface area contributed by atoms with Crippen molar-refractivity contribution in [3.05, 3.63) is 46.6 Å². The van der Waals surface area contributed by atoms with Crippen molar-refractivity contribution in [1.82, 2.24) is 0 Å². The molecule has 2 N–H and O–H groups in total. The Hall–Kier alpha value is -2.77. The lowest BCUT2D eigenvalue weighted by molar-refractivity contribution is -0.143. The average Bonchev–Trinajstić information content (AvgIpc) is 2.88. The number of ether oxygens (including phenoxy) is 1. The maximum absolute atomic E-state index is 13.2. The smallest absolute Gasteiger partial charge is 0.416 e. The Morgan fingerprint density at radius 3 is 2.44 bits per heavy atom. The van der Waals surface area contributed by atoms with Crippen molar-refractivity contribution in [2.75, 3.05) is 17.2 Å². The molecule has 0 bridgehead atoms. The van der Waals surface area contributed by atoms with Crippen molar-refractivity contribution < 1.29 is 27.5 Å². The molecule has 5 nitrogen and oxygen atoms in total. The van der Waals surface area contributed by atoms with Gasteiger partial charge in [-0.2, -0.15) is 13.2 Å². The number of esters is 1. The third-order valence-electron chi connectivity index (χ3n) is 4.84. The molecule has 32 heavy (non-hydrogen) atoms. The first kappa shape index (κ1) is 27.3. The van der Waals surface area contributed by atoms with Gasteiger partial charge < -0.3 is 15.4 Å². The van der Waals surface area contributed by atoms with E-state index in [0.29, 0.717) is 18.7 Å². The number of carbonyl (C=O) groups is 2. The summed E-state index contributed by atoms with van der Waals surface area (Å²) < 4.78 is 44.6. The summed E-state index contributed by atoms with van der Waals surface area (Å²) >= 11 is 0. The van der Waals surface area contributed by atoms with E-state index < -0.39 is 17.8 Å². The number of carbonyl (C=O) groups excluding carboxylic acids is 2. The second kappa shape index (κ2) is 12.3. The number of allylic oxidation sites excluding steroid dienone is 2. The third-order valence-corrected chi connectivity index (χ3v) is 4.84. The van der Waals surface area contributed by atoms with Crippen molar-refractivity contribution in [1.29, 1.82) is 0 Å². The number of benzene rings is 1. The number of halogens is 3. The number of hydrogen-bond donors (Lipinski definition) is 2. The monoisotopic (exact) mass is 454 g/mol. The SMILES string of the molecule is C/C=C(\C=C(/C)CCC(=O)OCC)C1CC(=O)Nc2cc(C(F)(F)F)c(C)cc2N1.CC.